The van der Waals surface area contributed by atoms with Gasteiger partial charge in [0.2, 0.25) is 0 Å². The van der Waals surface area contributed by atoms with Crippen LogP contribution in [0, 0.1) is 0 Å². The van der Waals surface area contributed by atoms with Gasteiger partial charge in [0.05, 0.1) is 9.60 Å². The lowest BCUT2D eigenvalue weighted by Crippen LogP contribution is -1.92. The molecule has 0 aliphatic rings. The van der Waals surface area contributed by atoms with E-state index in [4.69, 9.17) is 2.74 Å². The Morgan fingerprint density at radius 3 is 1.67 bits per heavy atom. The third-order valence-electron chi connectivity index (χ3n) is 7.86. The average Bonchev–Trinajstić information content (AvgIpc) is 3.15. The van der Waals surface area contributed by atoms with Gasteiger partial charge in [-0.2, -0.15) is 0 Å². The molecule has 0 radical (unpaired) electrons. The Hall–Kier alpha value is -5.46. The van der Waals surface area contributed by atoms with E-state index in [1.165, 1.54) is 0 Å². The minimum atomic E-state index is -0.382. The van der Waals surface area contributed by atoms with Crippen LogP contribution in [0.5, 0.6) is 0 Å². The van der Waals surface area contributed by atoms with Gasteiger partial charge in [0.1, 0.15) is 0 Å². The van der Waals surface area contributed by atoms with Crippen molar-refractivity contribution in [3.05, 3.63) is 170 Å². The third kappa shape index (κ3) is 4.17. The van der Waals surface area contributed by atoms with Crippen molar-refractivity contribution in [1.29, 1.82) is 0 Å². The first-order valence-electron chi connectivity index (χ1n) is 17.5. The van der Waals surface area contributed by atoms with E-state index in [1.54, 1.807) is 0 Å². The van der Waals surface area contributed by atoms with Crippen LogP contribution in [-0.2, 0) is 0 Å². The lowest BCUT2D eigenvalue weighted by molar-refractivity contribution is 1.62. The summed E-state index contributed by atoms with van der Waals surface area (Å²) in [5.41, 5.74) is 4.93. The molecular weight excluding hydrogens is 504 g/mol. The van der Waals surface area contributed by atoms with E-state index in [0.29, 0.717) is 44.2 Å². The highest BCUT2D eigenvalue weighted by Crippen LogP contribution is 2.45. The van der Waals surface area contributed by atoms with Crippen molar-refractivity contribution in [2.75, 3.05) is 0 Å². The molecule has 42 heavy (non-hydrogen) atoms. The predicted molar refractivity (Wildman–Crippen MR) is 181 cm³/mol. The summed E-state index contributed by atoms with van der Waals surface area (Å²) in [4.78, 5) is 0. The maximum absolute atomic E-state index is 9.72. The minimum Gasteiger partial charge on any atom is -0.0622 e. The third-order valence-corrected chi connectivity index (χ3v) is 7.86. The lowest BCUT2D eigenvalue weighted by atomic mass is 9.84. The summed E-state index contributed by atoms with van der Waals surface area (Å²) in [6, 6.07) is 39.1. The molecule has 0 spiro atoms. The van der Waals surface area contributed by atoms with Gasteiger partial charge >= 0.3 is 0 Å². The number of hydrogen-bond acceptors (Lipinski definition) is 0. The van der Waals surface area contributed by atoms with Crippen molar-refractivity contribution in [3.63, 3.8) is 0 Å². The smallest absolute Gasteiger partial charge is 0.0622 e. The molecule has 0 heteroatoms. The Labute approximate surface area is 256 Å². The number of benzene rings is 8. The maximum atomic E-state index is 9.72. The summed E-state index contributed by atoms with van der Waals surface area (Å²) < 4.78 is 64.5. The molecular formula is C42H28. The molecule has 8 aromatic carbocycles. The van der Waals surface area contributed by atoms with Gasteiger partial charge in [-0.05, 0) is 95.0 Å². The second-order valence-corrected chi connectivity index (χ2v) is 10.4. The summed E-state index contributed by atoms with van der Waals surface area (Å²) in [6.45, 7) is 0. The Kier molecular flexibility index (Phi) is 4.38. The fourth-order valence-electron chi connectivity index (χ4n) is 5.87. The van der Waals surface area contributed by atoms with Crippen LogP contribution in [0.15, 0.2) is 170 Å². The van der Waals surface area contributed by atoms with Gasteiger partial charge in [0, 0.05) is 0 Å². The molecule has 196 valence electrons. The highest BCUT2D eigenvalue weighted by atomic mass is 14.2. The molecule has 0 amide bonds. The van der Waals surface area contributed by atoms with Gasteiger partial charge in [0.25, 0.3) is 0 Å². The van der Waals surface area contributed by atoms with Crippen LogP contribution in [0.3, 0.4) is 0 Å². The highest BCUT2D eigenvalue weighted by Gasteiger charge is 2.17. The van der Waals surface area contributed by atoms with Crippen molar-refractivity contribution < 1.29 is 9.60 Å². The van der Waals surface area contributed by atoms with Gasteiger partial charge in [0.15, 0.2) is 0 Å². The van der Waals surface area contributed by atoms with E-state index in [9.17, 15) is 6.85 Å². The molecule has 8 aromatic rings. The van der Waals surface area contributed by atoms with Crippen LogP contribution in [0.1, 0.15) is 9.60 Å². The number of rotatable bonds is 4. The van der Waals surface area contributed by atoms with E-state index >= 15 is 0 Å². The Morgan fingerprint density at radius 2 is 0.905 bits per heavy atom. The fourth-order valence-corrected chi connectivity index (χ4v) is 5.87. The first-order valence-corrected chi connectivity index (χ1v) is 14.0. The second kappa shape index (κ2) is 10.2. The summed E-state index contributed by atoms with van der Waals surface area (Å²) in [5.74, 6) is 0. The van der Waals surface area contributed by atoms with Crippen LogP contribution in [0.25, 0.3) is 76.8 Å². The first-order chi connectivity index (χ1) is 23.8. The molecule has 0 atom stereocenters. The minimum absolute atomic E-state index is 0.0299. The first kappa shape index (κ1) is 18.1. The molecule has 8 rings (SSSR count). The maximum Gasteiger partial charge on any atom is 0.0636 e. The van der Waals surface area contributed by atoms with E-state index < -0.39 is 0 Å². The van der Waals surface area contributed by atoms with Crippen molar-refractivity contribution >= 4 is 32.3 Å². The van der Waals surface area contributed by atoms with Gasteiger partial charge in [-0.25, -0.2) is 0 Å². The zero-order chi connectivity index (χ0) is 34.0. The molecule has 0 aromatic heterocycles. The highest BCUT2D eigenvalue weighted by molar-refractivity contribution is 6.22. The molecule has 0 saturated carbocycles. The monoisotopic (exact) mass is 539 g/mol. The topological polar surface area (TPSA) is 0 Å². The van der Waals surface area contributed by atoms with E-state index in [2.05, 4.69) is 24.3 Å². The SMILES string of the molecule is [2H]c1c([2H])c([2H])c2c(-c3ccccc3)c3c([2H])c(-c4ccccc4)c([2H])c([2H])c3c(-c3cccc(-c4ccc5ccccc5c4)c3)c2c1[2H]. The zero-order valence-corrected chi connectivity index (χ0v) is 22.6. The molecule has 0 bridgehead atoms. The number of hydrogen-bond donors (Lipinski definition) is 0. The summed E-state index contributed by atoms with van der Waals surface area (Å²) in [6.07, 6.45) is 0. The Bertz CT molecular complexity index is 2610. The van der Waals surface area contributed by atoms with Crippen LogP contribution in [0.2, 0.25) is 0 Å². The molecule has 0 nitrogen and oxygen atoms in total. The van der Waals surface area contributed by atoms with Crippen LogP contribution < -0.4 is 0 Å². The molecule has 0 heterocycles. The van der Waals surface area contributed by atoms with Gasteiger partial charge in [-0.1, -0.05) is 152 Å². The largest absolute Gasteiger partial charge is 0.0636 e. The van der Waals surface area contributed by atoms with Gasteiger partial charge in [-0.15, -0.1) is 0 Å². The van der Waals surface area contributed by atoms with Crippen LogP contribution >= 0.6 is 0 Å². The predicted octanol–water partition coefficient (Wildman–Crippen LogP) is 11.8. The van der Waals surface area contributed by atoms with Crippen molar-refractivity contribution in [2.24, 2.45) is 0 Å². The molecule has 0 N–H and O–H groups in total. The normalized spacial score (nSPS) is 13.7. The molecule has 0 saturated heterocycles. The van der Waals surface area contributed by atoms with E-state index in [-0.39, 0.29) is 53.1 Å². The summed E-state index contributed by atoms with van der Waals surface area (Å²) in [7, 11) is 0. The molecule has 0 unspecified atom stereocenters. The Morgan fingerprint density at radius 1 is 0.333 bits per heavy atom. The summed E-state index contributed by atoms with van der Waals surface area (Å²) in [5, 5.41) is 3.41. The summed E-state index contributed by atoms with van der Waals surface area (Å²) >= 11 is 0. The van der Waals surface area contributed by atoms with Crippen molar-refractivity contribution in [2.45, 2.75) is 0 Å². The Balaban J connectivity index is 1.59. The molecule has 0 aliphatic heterocycles. The molecule has 0 fully saturated rings. The zero-order valence-electron chi connectivity index (χ0n) is 29.6. The molecule has 0 aliphatic carbocycles. The second-order valence-electron chi connectivity index (χ2n) is 10.4. The quantitative estimate of drug-likeness (QED) is 0.195. The fraction of sp³-hybridized carbons (Fsp3) is 0. The van der Waals surface area contributed by atoms with Gasteiger partial charge in [-0.3, -0.25) is 0 Å². The van der Waals surface area contributed by atoms with E-state index in [1.807, 2.05) is 103 Å². The lowest BCUT2D eigenvalue weighted by Gasteiger charge is -2.19. The average molecular weight is 540 g/mol. The van der Waals surface area contributed by atoms with Crippen LogP contribution in [-0.4, -0.2) is 0 Å². The van der Waals surface area contributed by atoms with Crippen molar-refractivity contribution in [1.82, 2.24) is 0 Å². The van der Waals surface area contributed by atoms with Crippen LogP contribution in [0.4, 0.5) is 0 Å². The number of fused-ring (bicyclic) bond motifs is 3. The van der Waals surface area contributed by atoms with Gasteiger partial charge < -0.3 is 0 Å². The van der Waals surface area contributed by atoms with E-state index in [0.717, 1.165) is 21.9 Å². The standard InChI is InChI=1S/C42H28/c1-3-12-29(13-4-1)35-24-25-39-40(28-35)41(31-15-5-2-6-16-31)37-20-9-10-21-38(37)42(39)36-19-11-18-33(27-36)34-23-22-30-14-7-8-17-32(30)26-34/h1-28H/i9D,10D,20D,21D,24D,25D,28D. The van der Waals surface area contributed by atoms with Crippen molar-refractivity contribution in [3.8, 4) is 44.5 Å².